The van der Waals surface area contributed by atoms with Crippen LogP contribution in [0.25, 0.3) is 53.5 Å². The first-order chi connectivity index (χ1) is 26.8. The minimum atomic E-state index is 0.128. The minimum absolute atomic E-state index is 0.128. The second-order valence-electron chi connectivity index (χ2n) is 14.4. The van der Waals surface area contributed by atoms with E-state index in [2.05, 4.69) is 198 Å². The predicted molar refractivity (Wildman–Crippen MR) is 234 cm³/mol. The van der Waals surface area contributed by atoms with E-state index in [1.54, 1.807) is 0 Å². The highest BCUT2D eigenvalue weighted by Crippen LogP contribution is 2.48. The molecule has 0 bridgehead atoms. The fraction of sp³-hybridized carbons (Fsp3) is 0. The lowest BCUT2D eigenvalue weighted by Crippen LogP contribution is -2.60. The van der Waals surface area contributed by atoms with Crippen LogP contribution in [0.4, 0.5) is 34.1 Å². The topological polar surface area (TPSA) is 6.48 Å². The van der Waals surface area contributed by atoms with Crippen molar-refractivity contribution in [2.24, 2.45) is 0 Å². The molecule has 250 valence electrons. The van der Waals surface area contributed by atoms with Crippen molar-refractivity contribution in [3.63, 3.8) is 0 Å². The Bertz CT molecular complexity index is 3110. The van der Waals surface area contributed by atoms with Crippen molar-refractivity contribution in [3.8, 4) is 11.1 Å². The van der Waals surface area contributed by atoms with Gasteiger partial charge in [-0.15, -0.1) is 11.3 Å². The molecular weight excluding hydrogens is 671 g/mol. The van der Waals surface area contributed by atoms with E-state index in [4.69, 9.17) is 0 Å². The second kappa shape index (κ2) is 11.4. The summed E-state index contributed by atoms with van der Waals surface area (Å²) in [5.74, 6) is 0. The fourth-order valence-corrected chi connectivity index (χ4v) is 10.7. The summed E-state index contributed by atoms with van der Waals surface area (Å²) in [4.78, 5) is 5.01. The van der Waals surface area contributed by atoms with E-state index < -0.39 is 0 Å². The van der Waals surface area contributed by atoms with Crippen LogP contribution in [-0.2, 0) is 0 Å². The first-order valence-corrected chi connectivity index (χ1v) is 19.5. The summed E-state index contributed by atoms with van der Waals surface area (Å²) in [5, 5.41) is 9.07. The second-order valence-corrected chi connectivity index (χ2v) is 15.5. The van der Waals surface area contributed by atoms with Crippen molar-refractivity contribution in [3.05, 3.63) is 188 Å². The Morgan fingerprint density at radius 2 is 0.926 bits per heavy atom. The van der Waals surface area contributed by atoms with Crippen LogP contribution in [0.3, 0.4) is 0 Å². The summed E-state index contributed by atoms with van der Waals surface area (Å²) in [6.45, 7) is 0.128. The zero-order chi connectivity index (χ0) is 35.3. The van der Waals surface area contributed by atoms with Crippen LogP contribution >= 0.6 is 11.3 Å². The van der Waals surface area contributed by atoms with E-state index in [9.17, 15) is 0 Å². The lowest BCUT2D eigenvalue weighted by atomic mass is 9.36. The highest BCUT2D eigenvalue weighted by Gasteiger charge is 2.44. The Kier molecular flexibility index (Phi) is 6.34. The molecule has 1 aromatic heterocycles. The molecule has 0 spiro atoms. The maximum atomic E-state index is 2.51. The van der Waals surface area contributed by atoms with Crippen molar-refractivity contribution in [1.82, 2.24) is 0 Å². The Morgan fingerprint density at radius 1 is 0.370 bits per heavy atom. The molecule has 0 N–H and O–H groups in total. The molecule has 2 nitrogen and oxygen atoms in total. The van der Waals surface area contributed by atoms with Crippen molar-refractivity contribution in [2.45, 2.75) is 0 Å². The SMILES string of the molecule is c1ccc(N2c3cccc4c3B(c3ccccc3N4c3cccc(-c4ccc5c6ccccc6c6ccccc6c5c4)c3)c3sc4ccccc4c32)cc1. The van der Waals surface area contributed by atoms with E-state index in [0.29, 0.717) is 0 Å². The van der Waals surface area contributed by atoms with Gasteiger partial charge in [0.1, 0.15) is 0 Å². The zero-order valence-corrected chi connectivity index (χ0v) is 30.1. The highest BCUT2D eigenvalue weighted by atomic mass is 32.1. The number of hydrogen-bond acceptors (Lipinski definition) is 3. The monoisotopic (exact) mass is 702 g/mol. The van der Waals surface area contributed by atoms with E-state index in [1.165, 1.54) is 97.7 Å². The summed E-state index contributed by atoms with van der Waals surface area (Å²) in [5.41, 5.74) is 12.5. The molecule has 2 aliphatic heterocycles. The van der Waals surface area contributed by atoms with Crippen LogP contribution in [0.15, 0.2) is 188 Å². The molecule has 10 aromatic rings. The smallest absolute Gasteiger partial charge is 0.264 e. The summed E-state index contributed by atoms with van der Waals surface area (Å²) in [6.07, 6.45) is 0. The molecular formula is C50H31BN2S. The van der Waals surface area contributed by atoms with Crippen LogP contribution in [0.5, 0.6) is 0 Å². The molecule has 0 unspecified atom stereocenters. The van der Waals surface area contributed by atoms with Gasteiger partial charge >= 0.3 is 0 Å². The van der Waals surface area contributed by atoms with Gasteiger partial charge in [-0.1, -0.05) is 133 Å². The van der Waals surface area contributed by atoms with Crippen molar-refractivity contribution < 1.29 is 0 Å². The predicted octanol–water partition coefficient (Wildman–Crippen LogP) is 12.1. The Labute approximate surface area is 317 Å². The molecule has 0 saturated carbocycles. The summed E-state index contributed by atoms with van der Waals surface area (Å²) in [7, 11) is 0. The third kappa shape index (κ3) is 4.17. The maximum absolute atomic E-state index is 2.51. The number of anilines is 6. The maximum Gasteiger partial charge on any atom is 0.264 e. The number of fused-ring (bicyclic) bond motifs is 12. The summed E-state index contributed by atoms with van der Waals surface area (Å²) < 4.78 is 2.72. The molecule has 0 fully saturated rings. The number of hydrogen-bond donors (Lipinski definition) is 0. The van der Waals surface area contributed by atoms with Gasteiger partial charge in [-0.2, -0.15) is 0 Å². The molecule has 54 heavy (non-hydrogen) atoms. The average molecular weight is 703 g/mol. The highest BCUT2D eigenvalue weighted by molar-refractivity contribution is 7.33. The van der Waals surface area contributed by atoms with Gasteiger partial charge in [0.15, 0.2) is 0 Å². The van der Waals surface area contributed by atoms with Crippen LogP contribution in [0.2, 0.25) is 0 Å². The number of nitrogens with zero attached hydrogens (tertiary/aromatic N) is 2. The molecule has 0 saturated heterocycles. The molecule has 0 aliphatic carbocycles. The number of para-hydroxylation sites is 2. The average Bonchev–Trinajstić information content (AvgIpc) is 3.63. The Balaban J connectivity index is 1.07. The minimum Gasteiger partial charge on any atom is -0.311 e. The van der Waals surface area contributed by atoms with Crippen LogP contribution in [-0.4, -0.2) is 6.71 Å². The molecule has 9 aromatic carbocycles. The zero-order valence-electron chi connectivity index (χ0n) is 29.3. The van der Waals surface area contributed by atoms with Gasteiger partial charge in [0, 0.05) is 43.3 Å². The Morgan fingerprint density at radius 3 is 1.70 bits per heavy atom. The molecule has 12 rings (SSSR count). The number of thiophene rings is 1. The van der Waals surface area contributed by atoms with Crippen LogP contribution < -0.4 is 25.5 Å². The van der Waals surface area contributed by atoms with Crippen molar-refractivity contribution in [2.75, 3.05) is 9.80 Å². The number of rotatable bonds is 3. The van der Waals surface area contributed by atoms with E-state index in [0.717, 1.165) is 5.69 Å². The molecule has 4 heteroatoms. The molecule has 3 heterocycles. The fourth-order valence-electron chi connectivity index (χ4n) is 9.35. The third-order valence-corrected chi connectivity index (χ3v) is 12.8. The Hall–Kier alpha value is -6.62. The van der Waals surface area contributed by atoms with E-state index in [-0.39, 0.29) is 6.71 Å². The first kappa shape index (κ1) is 29.9. The van der Waals surface area contributed by atoms with Gasteiger partial charge in [0.05, 0.1) is 5.69 Å². The van der Waals surface area contributed by atoms with Gasteiger partial charge in [0.2, 0.25) is 0 Å². The van der Waals surface area contributed by atoms with Gasteiger partial charge in [0.25, 0.3) is 6.71 Å². The van der Waals surface area contributed by atoms with Gasteiger partial charge < -0.3 is 9.80 Å². The normalized spacial score (nSPS) is 13.1. The molecule has 2 aliphatic rings. The summed E-state index contributed by atoms with van der Waals surface area (Å²) in [6, 6.07) is 69.5. The van der Waals surface area contributed by atoms with Crippen molar-refractivity contribution in [1.29, 1.82) is 0 Å². The first-order valence-electron chi connectivity index (χ1n) is 18.6. The van der Waals surface area contributed by atoms with Crippen LogP contribution in [0.1, 0.15) is 0 Å². The van der Waals surface area contributed by atoms with Gasteiger partial charge in [-0.25, -0.2) is 0 Å². The molecule has 0 radical (unpaired) electrons. The van der Waals surface area contributed by atoms with E-state index in [1.807, 2.05) is 11.3 Å². The molecule has 0 atom stereocenters. The number of benzene rings is 9. The summed E-state index contributed by atoms with van der Waals surface area (Å²) >= 11 is 1.94. The third-order valence-electron chi connectivity index (χ3n) is 11.6. The molecule has 0 amide bonds. The standard InChI is InChI=1S/C50H31BN2S/c1-2-15-34(16-3-1)53-46-26-13-25-45-48(46)51(50-49(53)41-22-8-11-27-47(41)54-50)43-23-9-10-24-44(43)52(45)35-17-12-14-32(30-35)33-28-29-40-38-20-5-4-18-36(38)37-19-6-7-21-39(37)42(40)31-33/h1-31H. The quantitative estimate of drug-likeness (QED) is 0.134. The largest absolute Gasteiger partial charge is 0.311 e. The van der Waals surface area contributed by atoms with Crippen LogP contribution in [0, 0.1) is 0 Å². The van der Waals surface area contributed by atoms with Gasteiger partial charge in [-0.05, 0) is 109 Å². The lowest BCUT2D eigenvalue weighted by molar-refractivity contribution is 1.26. The van der Waals surface area contributed by atoms with Crippen molar-refractivity contribution >= 4 is 110 Å². The van der Waals surface area contributed by atoms with E-state index >= 15 is 0 Å². The van der Waals surface area contributed by atoms with Gasteiger partial charge in [-0.3, -0.25) is 0 Å². The lowest BCUT2D eigenvalue weighted by Gasteiger charge is -2.43.